The Morgan fingerprint density at radius 3 is 2.43 bits per heavy atom. The number of carbonyl (C=O) groups excluding carboxylic acids is 1. The van der Waals surface area contributed by atoms with Gasteiger partial charge in [0.25, 0.3) is 5.69 Å². The highest BCUT2D eigenvalue weighted by Gasteiger charge is 2.08. The van der Waals surface area contributed by atoms with Crippen molar-refractivity contribution < 1.29 is 9.72 Å². The molecule has 3 aromatic rings. The van der Waals surface area contributed by atoms with E-state index < -0.39 is 4.92 Å². The van der Waals surface area contributed by atoms with Crippen molar-refractivity contribution in [3.05, 3.63) is 76.8 Å². The van der Waals surface area contributed by atoms with Gasteiger partial charge in [-0.25, -0.2) is 0 Å². The molecule has 0 saturated carbocycles. The van der Waals surface area contributed by atoms with Crippen molar-refractivity contribution in [1.29, 1.82) is 0 Å². The SMILES string of the molecule is CN(CC(=O)NCCNc1ccc([N+](=O)[O-])cc1)c1ccc2ccccc2c1. The molecule has 1 amide bonds. The molecule has 0 aliphatic rings. The zero-order chi connectivity index (χ0) is 19.9. The highest BCUT2D eigenvalue weighted by molar-refractivity contribution is 5.87. The number of rotatable bonds is 8. The van der Waals surface area contributed by atoms with E-state index in [1.54, 1.807) is 12.1 Å². The van der Waals surface area contributed by atoms with Crippen LogP contribution in [0.4, 0.5) is 17.1 Å². The van der Waals surface area contributed by atoms with Crippen molar-refractivity contribution in [1.82, 2.24) is 5.32 Å². The first-order chi connectivity index (χ1) is 13.5. The fourth-order valence-electron chi connectivity index (χ4n) is 2.89. The molecule has 0 aliphatic carbocycles. The third kappa shape index (κ3) is 4.97. The number of nitrogens with zero attached hydrogens (tertiary/aromatic N) is 2. The lowest BCUT2D eigenvalue weighted by Gasteiger charge is -2.19. The van der Waals surface area contributed by atoms with Crippen molar-refractivity contribution in [3.8, 4) is 0 Å². The highest BCUT2D eigenvalue weighted by atomic mass is 16.6. The largest absolute Gasteiger partial charge is 0.383 e. The molecule has 0 aromatic heterocycles. The molecule has 0 heterocycles. The van der Waals surface area contributed by atoms with Crippen LogP contribution in [0.15, 0.2) is 66.7 Å². The Kier molecular flexibility index (Phi) is 6.06. The molecule has 0 aliphatic heterocycles. The molecular formula is C21H22N4O3. The van der Waals surface area contributed by atoms with Gasteiger partial charge in [0.2, 0.25) is 5.91 Å². The summed E-state index contributed by atoms with van der Waals surface area (Å²) in [5.41, 5.74) is 1.81. The Bertz CT molecular complexity index is 973. The Morgan fingerprint density at radius 2 is 1.71 bits per heavy atom. The quantitative estimate of drug-likeness (QED) is 0.356. The van der Waals surface area contributed by atoms with E-state index in [1.807, 2.05) is 36.2 Å². The summed E-state index contributed by atoms with van der Waals surface area (Å²) < 4.78 is 0. The van der Waals surface area contributed by atoms with E-state index in [0.29, 0.717) is 13.1 Å². The molecular weight excluding hydrogens is 356 g/mol. The molecule has 0 unspecified atom stereocenters. The fourth-order valence-corrected chi connectivity index (χ4v) is 2.89. The van der Waals surface area contributed by atoms with Crippen LogP contribution in [0, 0.1) is 10.1 Å². The first-order valence-electron chi connectivity index (χ1n) is 8.98. The van der Waals surface area contributed by atoms with Crippen molar-refractivity contribution in [2.45, 2.75) is 0 Å². The first kappa shape index (κ1) is 19.2. The molecule has 0 saturated heterocycles. The smallest absolute Gasteiger partial charge is 0.269 e. The third-order valence-corrected chi connectivity index (χ3v) is 4.41. The molecule has 0 spiro atoms. The van der Waals surface area contributed by atoms with E-state index in [2.05, 4.69) is 28.8 Å². The second kappa shape index (κ2) is 8.85. The average Bonchev–Trinajstić information content (AvgIpc) is 2.71. The number of carbonyl (C=O) groups is 1. The third-order valence-electron chi connectivity index (χ3n) is 4.41. The number of nitro benzene ring substituents is 1. The lowest BCUT2D eigenvalue weighted by Crippen LogP contribution is -2.37. The Labute approximate surface area is 163 Å². The van der Waals surface area contributed by atoms with Gasteiger partial charge in [0, 0.05) is 43.6 Å². The summed E-state index contributed by atoms with van der Waals surface area (Å²) in [6.07, 6.45) is 0. The molecule has 0 radical (unpaired) electrons. The molecule has 3 aromatic carbocycles. The first-order valence-corrected chi connectivity index (χ1v) is 8.98. The molecule has 0 atom stereocenters. The maximum absolute atomic E-state index is 12.2. The molecule has 3 rings (SSSR count). The lowest BCUT2D eigenvalue weighted by atomic mass is 10.1. The molecule has 0 fully saturated rings. The number of non-ortho nitro benzene ring substituents is 1. The number of anilines is 2. The molecule has 7 nitrogen and oxygen atoms in total. The van der Waals surface area contributed by atoms with Crippen LogP contribution in [0.5, 0.6) is 0 Å². The summed E-state index contributed by atoms with van der Waals surface area (Å²) in [6.45, 7) is 1.25. The van der Waals surface area contributed by atoms with Crippen LogP contribution in [0.25, 0.3) is 10.8 Å². The average molecular weight is 378 g/mol. The van der Waals surface area contributed by atoms with Crippen LogP contribution in [0.2, 0.25) is 0 Å². The highest BCUT2D eigenvalue weighted by Crippen LogP contribution is 2.21. The van der Waals surface area contributed by atoms with Crippen molar-refractivity contribution in [2.24, 2.45) is 0 Å². The van der Waals surface area contributed by atoms with E-state index in [1.165, 1.54) is 17.5 Å². The zero-order valence-corrected chi connectivity index (χ0v) is 15.6. The minimum Gasteiger partial charge on any atom is -0.383 e. The van der Waals surface area contributed by atoms with E-state index in [0.717, 1.165) is 16.8 Å². The zero-order valence-electron chi connectivity index (χ0n) is 15.6. The number of likely N-dealkylation sites (N-methyl/N-ethyl adjacent to an activating group) is 1. The van der Waals surface area contributed by atoms with Crippen LogP contribution < -0.4 is 15.5 Å². The van der Waals surface area contributed by atoms with E-state index in [-0.39, 0.29) is 18.1 Å². The number of hydrogen-bond acceptors (Lipinski definition) is 5. The monoisotopic (exact) mass is 378 g/mol. The number of nitro groups is 1. The van der Waals surface area contributed by atoms with Crippen LogP contribution in [0.1, 0.15) is 0 Å². The van der Waals surface area contributed by atoms with Crippen molar-refractivity contribution >= 4 is 33.7 Å². The van der Waals surface area contributed by atoms with Gasteiger partial charge in [-0.05, 0) is 35.0 Å². The van der Waals surface area contributed by atoms with Crippen molar-refractivity contribution in [2.75, 3.05) is 36.9 Å². The normalized spacial score (nSPS) is 10.5. The summed E-state index contributed by atoms with van der Waals surface area (Å²) in [5.74, 6) is -0.0684. The maximum atomic E-state index is 12.2. The van der Waals surface area contributed by atoms with Gasteiger partial charge in [-0.1, -0.05) is 30.3 Å². The summed E-state index contributed by atoms with van der Waals surface area (Å²) in [6, 6.07) is 20.4. The number of benzene rings is 3. The predicted molar refractivity (Wildman–Crippen MR) is 112 cm³/mol. The predicted octanol–water partition coefficient (Wildman–Crippen LogP) is 3.41. The number of fused-ring (bicyclic) bond motifs is 1. The maximum Gasteiger partial charge on any atom is 0.269 e. The number of amides is 1. The minimum atomic E-state index is -0.434. The fraction of sp³-hybridized carbons (Fsp3) is 0.190. The minimum absolute atomic E-state index is 0.0515. The molecule has 2 N–H and O–H groups in total. The topological polar surface area (TPSA) is 87.5 Å². The summed E-state index contributed by atoms with van der Waals surface area (Å²) >= 11 is 0. The second-order valence-corrected chi connectivity index (χ2v) is 6.47. The molecule has 28 heavy (non-hydrogen) atoms. The summed E-state index contributed by atoms with van der Waals surface area (Å²) in [4.78, 5) is 24.3. The van der Waals surface area contributed by atoms with Crippen LogP contribution in [-0.4, -0.2) is 37.5 Å². The molecule has 7 heteroatoms. The summed E-state index contributed by atoms with van der Waals surface area (Å²) in [5, 5.41) is 18.9. The van der Waals surface area contributed by atoms with Crippen molar-refractivity contribution in [3.63, 3.8) is 0 Å². The number of nitrogens with one attached hydrogen (secondary N) is 2. The lowest BCUT2D eigenvalue weighted by molar-refractivity contribution is -0.384. The van der Waals surface area contributed by atoms with Gasteiger partial charge in [0.05, 0.1) is 11.5 Å². The second-order valence-electron chi connectivity index (χ2n) is 6.47. The van der Waals surface area contributed by atoms with Gasteiger partial charge in [-0.2, -0.15) is 0 Å². The van der Waals surface area contributed by atoms with Crippen LogP contribution in [0.3, 0.4) is 0 Å². The summed E-state index contributed by atoms with van der Waals surface area (Å²) in [7, 11) is 1.89. The Hall–Kier alpha value is -3.61. The number of hydrogen-bond donors (Lipinski definition) is 2. The van der Waals surface area contributed by atoms with Gasteiger partial charge < -0.3 is 15.5 Å². The molecule has 0 bridgehead atoms. The Morgan fingerprint density at radius 1 is 1.00 bits per heavy atom. The van der Waals surface area contributed by atoms with Crippen LogP contribution >= 0.6 is 0 Å². The van der Waals surface area contributed by atoms with E-state index in [9.17, 15) is 14.9 Å². The van der Waals surface area contributed by atoms with Gasteiger partial charge in [-0.3, -0.25) is 14.9 Å². The van der Waals surface area contributed by atoms with E-state index in [4.69, 9.17) is 0 Å². The van der Waals surface area contributed by atoms with Gasteiger partial charge >= 0.3 is 0 Å². The van der Waals surface area contributed by atoms with Gasteiger partial charge in [-0.15, -0.1) is 0 Å². The Balaban J connectivity index is 1.43. The molecule has 144 valence electrons. The van der Waals surface area contributed by atoms with Gasteiger partial charge in [0.1, 0.15) is 0 Å². The van der Waals surface area contributed by atoms with E-state index >= 15 is 0 Å². The standard InChI is InChI=1S/C21H22N4O3/c1-24(20-9-6-16-4-2-3-5-17(16)14-20)15-21(26)23-13-12-22-18-7-10-19(11-8-18)25(27)28/h2-11,14,22H,12-13,15H2,1H3,(H,23,26). The van der Waals surface area contributed by atoms with Crippen LogP contribution in [-0.2, 0) is 4.79 Å². The van der Waals surface area contributed by atoms with Gasteiger partial charge in [0.15, 0.2) is 0 Å².